The number of aromatic amines is 1. The van der Waals surface area contributed by atoms with Crippen LogP contribution in [0, 0.1) is 19.3 Å². The van der Waals surface area contributed by atoms with E-state index in [4.69, 9.17) is 23.7 Å². The SMILES string of the molecule is CNC(C)C(=O)NC(C(=O)N1Cc2cc(OCCOCCOCCOCCOc3cc4ncnc(Nc5n[nH]c(C)c5C)c4cc3S(=O)(=O)C(C)(C)C)ccc2CC1C(=O)N[C@@H]1CCCc2ccccc21)C(C)(C)C. The van der Waals surface area contributed by atoms with Crippen molar-refractivity contribution in [3.8, 4) is 11.5 Å². The van der Waals surface area contributed by atoms with Crippen LogP contribution >= 0.6 is 0 Å². The number of nitrogens with zero attached hydrogens (tertiary/aromatic N) is 4. The van der Waals surface area contributed by atoms with Crippen molar-refractivity contribution in [3.05, 3.63) is 94.4 Å². The van der Waals surface area contributed by atoms with Crippen molar-refractivity contribution < 1.29 is 46.5 Å². The van der Waals surface area contributed by atoms with Crippen molar-refractivity contribution >= 4 is 50.1 Å². The van der Waals surface area contributed by atoms with E-state index < -0.39 is 38.1 Å². The lowest BCUT2D eigenvalue weighted by atomic mass is 9.83. The van der Waals surface area contributed by atoms with Crippen LogP contribution in [-0.4, -0.2) is 134 Å². The normalized spacial score (nSPS) is 16.6. The van der Waals surface area contributed by atoms with Crippen LogP contribution in [0.5, 0.6) is 11.5 Å². The monoisotopic (exact) mass is 1050 g/mol. The lowest BCUT2D eigenvalue weighted by Gasteiger charge is -2.41. The summed E-state index contributed by atoms with van der Waals surface area (Å²) >= 11 is 0. The fraction of sp³-hybridized carbons (Fsp3) is 0.527. The Hall–Kier alpha value is -6.19. The van der Waals surface area contributed by atoms with Gasteiger partial charge in [-0.15, -0.1) is 0 Å². The zero-order valence-corrected chi connectivity index (χ0v) is 45.9. The van der Waals surface area contributed by atoms with E-state index in [2.05, 4.69) is 53.6 Å². The van der Waals surface area contributed by atoms with Gasteiger partial charge in [-0.25, -0.2) is 18.4 Å². The molecule has 2 aromatic heterocycles. The van der Waals surface area contributed by atoms with E-state index in [0.717, 1.165) is 47.2 Å². The van der Waals surface area contributed by atoms with Crippen LogP contribution in [-0.2, 0) is 57.8 Å². The molecule has 5 N–H and O–H groups in total. The van der Waals surface area contributed by atoms with Crippen molar-refractivity contribution in [1.29, 1.82) is 0 Å². The van der Waals surface area contributed by atoms with Crippen molar-refractivity contribution in [2.24, 2.45) is 5.41 Å². The van der Waals surface area contributed by atoms with Gasteiger partial charge in [-0.3, -0.25) is 19.5 Å². The number of nitrogens with one attached hydrogen (secondary N) is 5. The third-order valence-corrected chi connectivity index (χ3v) is 16.3. The Balaban J connectivity index is 0.873. The van der Waals surface area contributed by atoms with Gasteiger partial charge in [-0.05, 0) is 114 Å². The van der Waals surface area contributed by atoms with Crippen molar-refractivity contribution in [2.45, 2.75) is 128 Å². The van der Waals surface area contributed by atoms with E-state index in [0.29, 0.717) is 61.1 Å². The molecule has 5 aromatic rings. The number of hydrogen-bond donors (Lipinski definition) is 5. The molecule has 1 aliphatic heterocycles. The highest BCUT2D eigenvalue weighted by Gasteiger charge is 2.43. The van der Waals surface area contributed by atoms with Gasteiger partial charge < -0.3 is 49.9 Å². The summed E-state index contributed by atoms with van der Waals surface area (Å²) in [7, 11) is -2.16. The van der Waals surface area contributed by atoms with Gasteiger partial charge in [0, 0.05) is 35.7 Å². The second-order valence-electron chi connectivity index (χ2n) is 21.2. The summed E-state index contributed by atoms with van der Waals surface area (Å²) in [5, 5.41) is 20.2. The summed E-state index contributed by atoms with van der Waals surface area (Å²) in [6.45, 7) is 18.5. The molecule has 0 bridgehead atoms. The molecule has 3 unspecified atom stereocenters. The first-order valence-electron chi connectivity index (χ1n) is 25.8. The zero-order chi connectivity index (χ0) is 54.1. The average Bonchev–Trinajstić information content (AvgIpc) is 3.69. The maximum atomic E-state index is 14.7. The molecule has 0 spiro atoms. The molecule has 3 heterocycles. The number of benzene rings is 3. The standard InChI is InChI=1S/C55H75N9O10S/c1-34-35(2)62-63-49(34)61-50-42-30-47(75(68,69)55(7,8)9)46(31-44(42)57-33-58-50)74-27-25-72-23-21-70-20-22-71-24-26-73-40-19-18-38-29-45(52(66)59-43-17-13-15-37-14-11-12-16-41(37)43)64(32-39(38)28-40)53(67)48(54(4,5)6)60-51(65)36(3)56-10/h11-12,14,16,18-19,28,30-31,33,36,43,45,48,56H,13,15,17,20-27,29,32H2,1-10H3,(H,59,66)(H,60,65)(H2,57,58,61,62,63)/t36?,43-,45?,48?/m1/s1. The van der Waals surface area contributed by atoms with Crippen LogP contribution in [0.1, 0.15) is 101 Å². The van der Waals surface area contributed by atoms with Crippen molar-refractivity contribution in [1.82, 2.24) is 41.0 Å². The van der Waals surface area contributed by atoms with Crippen molar-refractivity contribution in [3.63, 3.8) is 0 Å². The number of carbonyl (C=O) groups is 3. The molecule has 0 saturated carbocycles. The van der Waals surface area contributed by atoms with Gasteiger partial charge in [0.25, 0.3) is 0 Å². The Bertz CT molecular complexity index is 2920. The van der Waals surface area contributed by atoms with E-state index in [9.17, 15) is 22.8 Å². The number of aryl methyl sites for hydroxylation is 2. The van der Waals surface area contributed by atoms with Crippen LogP contribution < -0.4 is 30.7 Å². The lowest BCUT2D eigenvalue weighted by molar-refractivity contribution is -0.147. The molecule has 406 valence electrons. The molecule has 0 radical (unpaired) electrons. The Morgan fingerprint density at radius 3 is 2.16 bits per heavy atom. The summed E-state index contributed by atoms with van der Waals surface area (Å²) in [6, 6.07) is 14.7. The van der Waals surface area contributed by atoms with E-state index in [1.165, 1.54) is 11.9 Å². The van der Waals surface area contributed by atoms with Gasteiger partial charge in [0.2, 0.25) is 17.7 Å². The number of amides is 3. The number of H-pyrrole nitrogens is 1. The van der Waals surface area contributed by atoms with Gasteiger partial charge in [0.1, 0.15) is 53.8 Å². The molecule has 3 aromatic carbocycles. The third kappa shape index (κ3) is 13.8. The maximum absolute atomic E-state index is 14.7. The second kappa shape index (κ2) is 24.7. The molecule has 7 rings (SSSR count). The van der Waals surface area contributed by atoms with Crippen molar-refractivity contribution in [2.75, 3.05) is 65.2 Å². The fourth-order valence-corrected chi connectivity index (χ4v) is 10.3. The number of sulfone groups is 1. The summed E-state index contributed by atoms with van der Waals surface area (Å²) in [5.74, 6) is 0.918. The third-order valence-electron chi connectivity index (χ3n) is 13.8. The number of fused-ring (bicyclic) bond motifs is 3. The number of carbonyl (C=O) groups excluding carboxylic acids is 3. The number of hydrogen-bond acceptors (Lipinski definition) is 15. The molecule has 19 nitrogen and oxygen atoms in total. The van der Waals surface area contributed by atoms with Crippen LogP contribution in [0.4, 0.5) is 11.6 Å². The van der Waals surface area contributed by atoms with Gasteiger partial charge >= 0.3 is 0 Å². The molecule has 0 fully saturated rings. The van der Waals surface area contributed by atoms with Gasteiger partial charge in [0.15, 0.2) is 15.7 Å². The first-order chi connectivity index (χ1) is 35.7. The Labute approximate surface area is 440 Å². The molecule has 1 aliphatic carbocycles. The first kappa shape index (κ1) is 56.5. The molecule has 4 atom stereocenters. The molecular weight excluding hydrogens is 979 g/mol. The van der Waals surface area contributed by atoms with E-state index in [1.807, 2.05) is 65.0 Å². The highest BCUT2D eigenvalue weighted by molar-refractivity contribution is 7.92. The minimum atomic E-state index is -3.85. The van der Waals surface area contributed by atoms with E-state index in [-0.39, 0.29) is 67.4 Å². The van der Waals surface area contributed by atoms with Crippen LogP contribution in [0.15, 0.2) is 65.8 Å². The molecule has 20 heteroatoms. The van der Waals surface area contributed by atoms with Crippen LogP contribution in [0.2, 0.25) is 0 Å². The quantitative estimate of drug-likeness (QED) is 0.0447. The minimum Gasteiger partial charge on any atom is -0.491 e. The largest absolute Gasteiger partial charge is 0.491 e. The number of anilines is 2. The summed E-state index contributed by atoms with van der Waals surface area (Å²) in [5.41, 5.74) is 5.80. The smallest absolute Gasteiger partial charge is 0.246 e. The number of aromatic nitrogens is 4. The molecule has 0 saturated heterocycles. The zero-order valence-electron chi connectivity index (χ0n) is 45.1. The molecule has 2 aliphatic rings. The number of ether oxygens (including phenoxy) is 5. The highest BCUT2D eigenvalue weighted by Crippen LogP contribution is 2.38. The minimum absolute atomic E-state index is 0.0257. The maximum Gasteiger partial charge on any atom is 0.246 e. The number of rotatable bonds is 23. The Morgan fingerprint density at radius 1 is 0.827 bits per heavy atom. The summed E-state index contributed by atoms with van der Waals surface area (Å²) in [6.07, 6.45) is 4.43. The second-order valence-corrected chi connectivity index (χ2v) is 23.9. The molecular formula is C55H75N9O10S. The van der Waals surface area contributed by atoms with Gasteiger partial charge in [0.05, 0.1) is 62.0 Å². The van der Waals surface area contributed by atoms with Crippen LogP contribution in [0.3, 0.4) is 0 Å². The Morgan fingerprint density at radius 2 is 1.51 bits per heavy atom. The average molecular weight is 1050 g/mol. The first-order valence-corrected chi connectivity index (χ1v) is 27.2. The Kier molecular flexibility index (Phi) is 18.6. The predicted octanol–water partition coefficient (Wildman–Crippen LogP) is 6.38. The predicted molar refractivity (Wildman–Crippen MR) is 286 cm³/mol. The van der Waals surface area contributed by atoms with E-state index >= 15 is 0 Å². The van der Waals surface area contributed by atoms with Crippen LogP contribution in [0.25, 0.3) is 10.9 Å². The van der Waals surface area contributed by atoms with Gasteiger partial charge in [-0.1, -0.05) is 51.1 Å². The fourth-order valence-electron chi connectivity index (χ4n) is 9.01. The lowest BCUT2D eigenvalue weighted by Crippen LogP contribution is -2.62. The number of likely N-dealkylation sites (N-methyl/N-ethyl adjacent to an activating group) is 1. The van der Waals surface area contributed by atoms with E-state index in [1.54, 1.807) is 51.8 Å². The summed E-state index contributed by atoms with van der Waals surface area (Å²) < 4.78 is 55.9. The molecule has 75 heavy (non-hydrogen) atoms. The summed E-state index contributed by atoms with van der Waals surface area (Å²) in [4.78, 5) is 52.7. The highest BCUT2D eigenvalue weighted by atomic mass is 32.2. The molecule has 3 amide bonds. The van der Waals surface area contributed by atoms with Gasteiger partial charge in [-0.2, -0.15) is 5.10 Å². The topological polar surface area (TPSA) is 237 Å².